The van der Waals surface area contributed by atoms with Crippen LogP contribution in [0.2, 0.25) is 0 Å². The van der Waals surface area contributed by atoms with Gasteiger partial charge in [-0.25, -0.2) is 0 Å². The molecule has 88 valence electrons. The van der Waals surface area contributed by atoms with Gasteiger partial charge in [-0.2, -0.15) is 0 Å². The Balaban J connectivity index is 2.08. The minimum atomic E-state index is -0.0777. The van der Waals surface area contributed by atoms with Gasteiger partial charge in [0.15, 0.2) is 0 Å². The topological polar surface area (TPSA) is 41.1 Å². The molecule has 0 aromatic heterocycles. The summed E-state index contributed by atoms with van der Waals surface area (Å²) >= 11 is 0. The molecule has 0 spiro atoms. The number of carbonyl (C=O) groups excluding carboxylic acids is 1. The molecule has 0 radical (unpaired) electrons. The third-order valence-electron chi connectivity index (χ3n) is 3.33. The molecule has 0 aromatic rings. The highest BCUT2D eigenvalue weighted by Gasteiger charge is 2.31. The summed E-state index contributed by atoms with van der Waals surface area (Å²) < 4.78 is 0. The van der Waals surface area contributed by atoms with Crippen LogP contribution in [0, 0.1) is 11.8 Å². The summed E-state index contributed by atoms with van der Waals surface area (Å²) in [7, 11) is 0. The van der Waals surface area contributed by atoms with Crippen LogP contribution < -0.4 is 10.6 Å². The van der Waals surface area contributed by atoms with Crippen molar-refractivity contribution < 1.29 is 4.79 Å². The van der Waals surface area contributed by atoms with Crippen molar-refractivity contribution in [1.29, 1.82) is 0 Å². The van der Waals surface area contributed by atoms with Crippen LogP contribution in [0.3, 0.4) is 0 Å². The second-order valence-electron chi connectivity index (χ2n) is 5.39. The lowest BCUT2D eigenvalue weighted by Gasteiger charge is -2.24. The first-order valence-electron chi connectivity index (χ1n) is 5.96. The van der Waals surface area contributed by atoms with E-state index in [-0.39, 0.29) is 11.4 Å². The summed E-state index contributed by atoms with van der Waals surface area (Å²) in [5.74, 6) is 1.76. The highest BCUT2D eigenvalue weighted by Crippen LogP contribution is 2.36. The average Bonchev–Trinajstić information content (AvgIpc) is 2.81. The molecule has 0 saturated heterocycles. The van der Waals surface area contributed by atoms with Crippen molar-refractivity contribution in [3.63, 3.8) is 0 Å². The van der Waals surface area contributed by atoms with Crippen molar-refractivity contribution in [3.05, 3.63) is 0 Å². The normalized spacial score (nSPS) is 25.1. The summed E-state index contributed by atoms with van der Waals surface area (Å²) in [6.45, 7) is 9.88. The monoisotopic (exact) mass is 212 g/mol. The lowest BCUT2D eigenvalue weighted by atomic mass is 10.0. The van der Waals surface area contributed by atoms with Crippen molar-refractivity contribution in [1.82, 2.24) is 10.6 Å². The van der Waals surface area contributed by atoms with Crippen molar-refractivity contribution in [2.45, 2.75) is 46.1 Å². The van der Waals surface area contributed by atoms with Gasteiger partial charge in [-0.3, -0.25) is 4.79 Å². The van der Waals surface area contributed by atoms with Crippen molar-refractivity contribution >= 4 is 5.91 Å². The van der Waals surface area contributed by atoms with Gasteiger partial charge in [0.1, 0.15) is 0 Å². The van der Waals surface area contributed by atoms with E-state index in [1.54, 1.807) is 0 Å². The van der Waals surface area contributed by atoms with Crippen molar-refractivity contribution in [2.75, 3.05) is 13.1 Å². The molecule has 1 aliphatic rings. The molecule has 15 heavy (non-hydrogen) atoms. The highest BCUT2D eigenvalue weighted by atomic mass is 16.2. The number of carbonyl (C=O) groups is 1. The van der Waals surface area contributed by atoms with Gasteiger partial charge < -0.3 is 10.6 Å². The SMILES string of the molecule is CCC(C)(C)NC(=O)CNCC1CC1C. The second kappa shape index (κ2) is 4.97. The fourth-order valence-electron chi connectivity index (χ4n) is 1.56. The molecule has 1 fully saturated rings. The fourth-order valence-corrected chi connectivity index (χ4v) is 1.56. The lowest BCUT2D eigenvalue weighted by Crippen LogP contribution is -2.46. The zero-order valence-corrected chi connectivity index (χ0v) is 10.4. The molecule has 0 aliphatic heterocycles. The summed E-state index contributed by atoms with van der Waals surface area (Å²) in [5, 5.41) is 6.22. The van der Waals surface area contributed by atoms with Gasteiger partial charge in [0.05, 0.1) is 6.54 Å². The van der Waals surface area contributed by atoms with E-state index in [2.05, 4.69) is 24.5 Å². The Kier molecular flexibility index (Phi) is 4.14. The largest absolute Gasteiger partial charge is 0.350 e. The first-order chi connectivity index (χ1) is 6.94. The Morgan fingerprint density at radius 1 is 1.47 bits per heavy atom. The Morgan fingerprint density at radius 3 is 2.53 bits per heavy atom. The highest BCUT2D eigenvalue weighted by molar-refractivity contribution is 5.78. The number of amides is 1. The second-order valence-corrected chi connectivity index (χ2v) is 5.39. The maximum atomic E-state index is 11.5. The molecular weight excluding hydrogens is 188 g/mol. The van der Waals surface area contributed by atoms with Crippen LogP contribution in [0.5, 0.6) is 0 Å². The van der Waals surface area contributed by atoms with Gasteiger partial charge in [-0.15, -0.1) is 0 Å². The Labute approximate surface area is 93.0 Å². The van der Waals surface area contributed by atoms with Gasteiger partial charge in [-0.1, -0.05) is 13.8 Å². The zero-order valence-electron chi connectivity index (χ0n) is 10.4. The van der Waals surface area contributed by atoms with Crippen LogP contribution in [0.15, 0.2) is 0 Å². The maximum absolute atomic E-state index is 11.5. The van der Waals surface area contributed by atoms with Crippen LogP contribution in [-0.4, -0.2) is 24.5 Å². The molecule has 3 nitrogen and oxygen atoms in total. The summed E-state index contributed by atoms with van der Waals surface area (Å²) in [5.41, 5.74) is -0.0777. The molecule has 0 heterocycles. The van der Waals surface area contributed by atoms with Gasteiger partial charge in [-0.05, 0) is 45.1 Å². The van der Waals surface area contributed by atoms with E-state index in [9.17, 15) is 4.79 Å². The first kappa shape index (κ1) is 12.5. The maximum Gasteiger partial charge on any atom is 0.234 e. The van der Waals surface area contributed by atoms with E-state index in [0.29, 0.717) is 6.54 Å². The number of rotatable bonds is 6. The van der Waals surface area contributed by atoms with Crippen molar-refractivity contribution in [2.24, 2.45) is 11.8 Å². The van der Waals surface area contributed by atoms with E-state index in [1.807, 2.05) is 13.8 Å². The quantitative estimate of drug-likeness (QED) is 0.701. The van der Waals surface area contributed by atoms with Gasteiger partial charge in [0.2, 0.25) is 5.91 Å². The Morgan fingerprint density at radius 2 is 2.07 bits per heavy atom. The zero-order chi connectivity index (χ0) is 11.5. The van der Waals surface area contributed by atoms with Crippen LogP contribution in [0.1, 0.15) is 40.5 Å². The molecule has 3 heteroatoms. The third kappa shape index (κ3) is 4.65. The van der Waals surface area contributed by atoms with E-state index in [0.717, 1.165) is 24.8 Å². The molecule has 1 saturated carbocycles. The van der Waals surface area contributed by atoms with Crippen LogP contribution in [0.25, 0.3) is 0 Å². The van der Waals surface area contributed by atoms with E-state index < -0.39 is 0 Å². The summed E-state index contributed by atoms with van der Waals surface area (Å²) in [4.78, 5) is 11.5. The number of hydrogen-bond acceptors (Lipinski definition) is 2. The van der Waals surface area contributed by atoms with Crippen molar-refractivity contribution in [3.8, 4) is 0 Å². The first-order valence-corrected chi connectivity index (χ1v) is 5.96. The predicted octanol–water partition coefficient (Wildman–Crippen LogP) is 1.54. The van der Waals surface area contributed by atoms with Gasteiger partial charge in [0, 0.05) is 5.54 Å². The van der Waals surface area contributed by atoms with Crippen LogP contribution in [-0.2, 0) is 4.79 Å². The number of hydrogen-bond donors (Lipinski definition) is 2. The van der Waals surface area contributed by atoms with E-state index >= 15 is 0 Å². The molecule has 2 unspecified atom stereocenters. The van der Waals surface area contributed by atoms with Crippen LogP contribution >= 0.6 is 0 Å². The molecule has 2 atom stereocenters. The molecule has 1 rings (SSSR count). The predicted molar refractivity (Wildman–Crippen MR) is 62.7 cm³/mol. The minimum Gasteiger partial charge on any atom is -0.350 e. The summed E-state index contributed by atoms with van der Waals surface area (Å²) in [6, 6.07) is 0. The van der Waals surface area contributed by atoms with Crippen LogP contribution in [0.4, 0.5) is 0 Å². The van der Waals surface area contributed by atoms with E-state index in [1.165, 1.54) is 6.42 Å². The molecule has 2 N–H and O–H groups in total. The molecule has 1 amide bonds. The van der Waals surface area contributed by atoms with Gasteiger partial charge >= 0.3 is 0 Å². The minimum absolute atomic E-state index is 0.0777. The Bertz CT molecular complexity index is 226. The van der Waals surface area contributed by atoms with E-state index in [4.69, 9.17) is 0 Å². The average molecular weight is 212 g/mol. The lowest BCUT2D eigenvalue weighted by molar-refractivity contribution is -0.121. The molecule has 1 aliphatic carbocycles. The number of nitrogens with one attached hydrogen (secondary N) is 2. The van der Waals surface area contributed by atoms with Gasteiger partial charge in [0.25, 0.3) is 0 Å². The molecule has 0 bridgehead atoms. The third-order valence-corrected chi connectivity index (χ3v) is 3.33. The smallest absolute Gasteiger partial charge is 0.234 e. The standard InChI is InChI=1S/C12H24N2O/c1-5-12(3,4)14-11(15)8-13-7-10-6-9(10)2/h9-10,13H,5-8H2,1-4H3,(H,14,15). The molecular formula is C12H24N2O. The Hall–Kier alpha value is -0.570. The molecule has 0 aromatic carbocycles. The summed E-state index contributed by atoms with van der Waals surface area (Å²) in [6.07, 6.45) is 2.27. The fraction of sp³-hybridized carbons (Fsp3) is 0.917.